The van der Waals surface area contributed by atoms with E-state index in [2.05, 4.69) is 31.2 Å². The summed E-state index contributed by atoms with van der Waals surface area (Å²) in [5.74, 6) is 0. The minimum atomic E-state index is -0.481. The molecule has 0 aliphatic rings. The molecule has 0 saturated heterocycles. The van der Waals surface area contributed by atoms with Crippen LogP contribution in [0.25, 0.3) is 0 Å². The van der Waals surface area contributed by atoms with Crippen molar-refractivity contribution >= 4 is 0 Å². The fourth-order valence-corrected chi connectivity index (χ4v) is 2.48. The maximum atomic E-state index is 9.09. The van der Waals surface area contributed by atoms with Crippen LogP contribution in [-0.2, 0) is 10.3 Å². The Kier molecular flexibility index (Phi) is 4.72. The second-order valence-corrected chi connectivity index (χ2v) is 4.48. The summed E-state index contributed by atoms with van der Waals surface area (Å²) in [4.78, 5) is 0. The van der Waals surface area contributed by atoms with Gasteiger partial charge >= 0.3 is 0 Å². The van der Waals surface area contributed by atoms with Crippen molar-refractivity contribution in [2.45, 2.75) is 18.9 Å². The summed E-state index contributed by atoms with van der Waals surface area (Å²) in [6, 6.07) is 20.4. The number of aliphatic hydroxyl groups is 1. The molecule has 0 aliphatic heterocycles. The molecule has 0 saturated carbocycles. The standard InChI is InChI=1S/C17H20O2/c1-2-17(19-14-13-18,15-9-5-3-6-10-15)16-11-7-4-8-12-16/h3-12,18H,2,13-14H2,1H3. The molecule has 0 radical (unpaired) electrons. The molecule has 0 bridgehead atoms. The maximum Gasteiger partial charge on any atom is 0.118 e. The van der Waals surface area contributed by atoms with Gasteiger partial charge in [-0.2, -0.15) is 0 Å². The van der Waals surface area contributed by atoms with E-state index in [-0.39, 0.29) is 6.61 Å². The Labute approximate surface area is 114 Å². The Bertz CT molecular complexity index is 440. The molecule has 0 aliphatic carbocycles. The number of ether oxygens (including phenoxy) is 1. The fraction of sp³-hybridized carbons (Fsp3) is 0.294. The van der Waals surface area contributed by atoms with Crippen LogP contribution < -0.4 is 0 Å². The molecule has 2 nitrogen and oxygen atoms in total. The zero-order chi connectivity index (χ0) is 13.6. The third-order valence-electron chi connectivity index (χ3n) is 3.42. The van der Waals surface area contributed by atoms with Gasteiger partial charge in [0.25, 0.3) is 0 Å². The fourth-order valence-electron chi connectivity index (χ4n) is 2.48. The van der Waals surface area contributed by atoms with Crippen LogP contribution in [0.1, 0.15) is 24.5 Å². The van der Waals surface area contributed by atoms with Crippen molar-refractivity contribution < 1.29 is 9.84 Å². The molecule has 1 N–H and O–H groups in total. The minimum absolute atomic E-state index is 0.0292. The monoisotopic (exact) mass is 256 g/mol. The highest BCUT2D eigenvalue weighted by atomic mass is 16.5. The van der Waals surface area contributed by atoms with E-state index in [1.807, 2.05) is 36.4 Å². The SMILES string of the molecule is CCC(OCCO)(c1ccccc1)c1ccccc1. The zero-order valence-electron chi connectivity index (χ0n) is 11.3. The average molecular weight is 256 g/mol. The van der Waals surface area contributed by atoms with Crippen LogP contribution in [0, 0.1) is 0 Å². The number of aliphatic hydroxyl groups excluding tert-OH is 1. The highest BCUT2D eigenvalue weighted by Crippen LogP contribution is 2.36. The number of hydrogen-bond donors (Lipinski definition) is 1. The van der Waals surface area contributed by atoms with E-state index < -0.39 is 5.60 Å². The molecule has 0 heterocycles. The van der Waals surface area contributed by atoms with Crippen molar-refractivity contribution in [3.63, 3.8) is 0 Å². The van der Waals surface area contributed by atoms with E-state index in [0.717, 1.165) is 17.5 Å². The first-order valence-electron chi connectivity index (χ1n) is 6.69. The highest BCUT2D eigenvalue weighted by Gasteiger charge is 2.33. The van der Waals surface area contributed by atoms with Gasteiger partial charge in [0.15, 0.2) is 0 Å². The Morgan fingerprint density at radius 3 is 1.74 bits per heavy atom. The molecular weight excluding hydrogens is 236 g/mol. The smallest absolute Gasteiger partial charge is 0.118 e. The molecule has 19 heavy (non-hydrogen) atoms. The first kappa shape index (κ1) is 13.8. The van der Waals surface area contributed by atoms with E-state index in [9.17, 15) is 0 Å². The second kappa shape index (κ2) is 6.50. The van der Waals surface area contributed by atoms with Crippen molar-refractivity contribution in [3.05, 3.63) is 71.8 Å². The van der Waals surface area contributed by atoms with E-state index in [4.69, 9.17) is 9.84 Å². The second-order valence-electron chi connectivity index (χ2n) is 4.48. The number of hydrogen-bond acceptors (Lipinski definition) is 2. The van der Waals surface area contributed by atoms with Crippen molar-refractivity contribution in [1.29, 1.82) is 0 Å². The molecule has 0 aromatic heterocycles. The molecule has 0 amide bonds. The van der Waals surface area contributed by atoms with Crippen LogP contribution in [-0.4, -0.2) is 18.3 Å². The van der Waals surface area contributed by atoms with E-state index in [1.54, 1.807) is 0 Å². The van der Waals surface area contributed by atoms with Gasteiger partial charge in [-0.15, -0.1) is 0 Å². The summed E-state index contributed by atoms with van der Waals surface area (Å²) in [7, 11) is 0. The molecular formula is C17H20O2. The summed E-state index contributed by atoms with van der Waals surface area (Å²) in [5, 5.41) is 9.09. The minimum Gasteiger partial charge on any atom is -0.394 e. The summed E-state index contributed by atoms with van der Waals surface area (Å²) in [6.45, 7) is 2.47. The lowest BCUT2D eigenvalue weighted by molar-refractivity contribution is -0.0367. The zero-order valence-corrected chi connectivity index (χ0v) is 11.3. The average Bonchev–Trinajstić information content (AvgIpc) is 2.51. The predicted octanol–water partition coefficient (Wildman–Crippen LogP) is 3.35. The molecule has 0 unspecified atom stereocenters. The third kappa shape index (κ3) is 2.86. The maximum absolute atomic E-state index is 9.09. The van der Waals surface area contributed by atoms with Crippen LogP contribution in [0.2, 0.25) is 0 Å². The van der Waals surface area contributed by atoms with E-state index in [1.165, 1.54) is 0 Å². The van der Waals surface area contributed by atoms with Gasteiger partial charge < -0.3 is 9.84 Å². The summed E-state index contributed by atoms with van der Waals surface area (Å²) >= 11 is 0. The van der Waals surface area contributed by atoms with Gasteiger partial charge in [-0.3, -0.25) is 0 Å². The molecule has 100 valence electrons. The number of benzene rings is 2. The number of rotatable bonds is 6. The van der Waals surface area contributed by atoms with Crippen molar-refractivity contribution in [2.75, 3.05) is 13.2 Å². The quantitative estimate of drug-likeness (QED) is 0.859. The van der Waals surface area contributed by atoms with Gasteiger partial charge in [-0.1, -0.05) is 67.6 Å². The Morgan fingerprint density at radius 1 is 0.895 bits per heavy atom. The predicted molar refractivity (Wildman–Crippen MR) is 77.0 cm³/mol. The summed E-state index contributed by atoms with van der Waals surface area (Å²) in [5.41, 5.74) is 1.76. The summed E-state index contributed by atoms with van der Waals surface area (Å²) in [6.07, 6.45) is 0.820. The van der Waals surface area contributed by atoms with Crippen LogP contribution in [0.3, 0.4) is 0 Å². The van der Waals surface area contributed by atoms with E-state index >= 15 is 0 Å². The van der Waals surface area contributed by atoms with Gasteiger partial charge in [0.05, 0.1) is 13.2 Å². The lowest BCUT2D eigenvalue weighted by atomic mass is 9.84. The molecule has 0 spiro atoms. The van der Waals surface area contributed by atoms with Crippen LogP contribution in [0.4, 0.5) is 0 Å². The Hall–Kier alpha value is -1.64. The van der Waals surface area contributed by atoms with Gasteiger partial charge in [0.1, 0.15) is 5.60 Å². The van der Waals surface area contributed by atoms with Gasteiger partial charge in [0.2, 0.25) is 0 Å². The molecule has 2 aromatic rings. The first-order valence-corrected chi connectivity index (χ1v) is 6.69. The summed E-state index contributed by atoms with van der Waals surface area (Å²) < 4.78 is 6.05. The van der Waals surface area contributed by atoms with Gasteiger partial charge in [0, 0.05) is 0 Å². The topological polar surface area (TPSA) is 29.5 Å². The molecule has 2 heteroatoms. The lowest BCUT2D eigenvalue weighted by Crippen LogP contribution is -2.31. The van der Waals surface area contributed by atoms with Gasteiger partial charge in [-0.05, 0) is 17.5 Å². The van der Waals surface area contributed by atoms with Crippen molar-refractivity contribution in [3.8, 4) is 0 Å². The molecule has 2 aromatic carbocycles. The van der Waals surface area contributed by atoms with E-state index in [0.29, 0.717) is 6.61 Å². The Morgan fingerprint density at radius 2 is 1.37 bits per heavy atom. The first-order chi connectivity index (χ1) is 9.33. The molecule has 0 atom stereocenters. The van der Waals surface area contributed by atoms with Crippen molar-refractivity contribution in [1.82, 2.24) is 0 Å². The third-order valence-corrected chi connectivity index (χ3v) is 3.42. The lowest BCUT2D eigenvalue weighted by Gasteiger charge is -2.34. The Balaban J connectivity index is 2.48. The van der Waals surface area contributed by atoms with Gasteiger partial charge in [-0.25, -0.2) is 0 Å². The normalized spacial score (nSPS) is 11.5. The molecule has 2 rings (SSSR count). The van der Waals surface area contributed by atoms with Crippen LogP contribution in [0.15, 0.2) is 60.7 Å². The highest BCUT2D eigenvalue weighted by molar-refractivity contribution is 5.36. The van der Waals surface area contributed by atoms with Crippen LogP contribution in [0.5, 0.6) is 0 Å². The van der Waals surface area contributed by atoms with Crippen molar-refractivity contribution in [2.24, 2.45) is 0 Å². The molecule has 0 fully saturated rings. The van der Waals surface area contributed by atoms with Crippen LogP contribution >= 0.6 is 0 Å². The largest absolute Gasteiger partial charge is 0.394 e.